The Kier molecular flexibility index (Phi) is 5.03. The van der Waals surface area contributed by atoms with Crippen LogP contribution in [0.25, 0.3) is 11.4 Å². The van der Waals surface area contributed by atoms with Crippen molar-refractivity contribution in [1.29, 1.82) is 0 Å². The van der Waals surface area contributed by atoms with Gasteiger partial charge in [0.2, 0.25) is 0 Å². The second kappa shape index (κ2) is 7.21. The first kappa shape index (κ1) is 16.8. The number of carbonyl (C=O) groups excluding carboxylic acids is 1. The van der Waals surface area contributed by atoms with Gasteiger partial charge in [-0.2, -0.15) is 0 Å². The largest absolute Gasteiger partial charge is 0.368 e. The number of nitrogens with one attached hydrogen (secondary N) is 2. The van der Waals surface area contributed by atoms with E-state index in [2.05, 4.69) is 25.6 Å². The second-order valence-electron chi connectivity index (χ2n) is 5.57. The maximum atomic E-state index is 11.7. The molecule has 24 heavy (non-hydrogen) atoms. The number of carbonyl (C=O) groups is 1. The Morgan fingerprint density at radius 1 is 1.29 bits per heavy atom. The van der Waals surface area contributed by atoms with Crippen molar-refractivity contribution >= 4 is 17.5 Å². The van der Waals surface area contributed by atoms with Crippen molar-refractivity contribution in [3.05, 3.63) is 40.9 Å². The van der Waals surface area contributed by atoms with Crippen molar-refractivity contribution in [3.8, 4) is 11.4 Å². The lowest BCUT2D eigenvalue weighted by Gasteiger charge is -2.29. The summed E-state index contributed by atoms with van der Waals surface area (Å²) in [5.74, 6) is -0.283. The van der Waals surface area contributed by atoms with E-state index in [1.807, 2.05) is 13.0 Å². The molecule has 1 fully saturated rings. The summed E-state index contributed by atoms with van der Waals surface area (Å²) in [5.41, 5.74) is 2.30. The average Bonchev–Trinajstić information content (AvgIpc) is 2.60. The number of pyridine rings is 1. The monoisotopic (exact) mass is 347 g/mol. The molecule has 1 aliphatic heterocycles. The zero-order valence-electron chi connectivity index (χ0n) is 13.4. The van der Waals surface area contributed by atoms with Crippen LogP contribution in [0.5, 0.6) is 0 Å². The van der Waals surface area contributed by atoms with E-state index in [9.17, 15) is 4.79 Å². The molecule has 1 amide bonds. The molecule has 2 atom stereocenters. The van der Waals surface area contributed by atoms with Crippen LogP contribution in [-0.2, 0) is 4.74 Å². The van der Waals surface area contributed by atoms with Crippen LogP contribution in [0.1, 0.15) is 29.1 Å². The molecule has 7 nitrogen and oxygen atoms in total. The lowest BCUT2D eigenvalue weighted by molar-refractivity contribution is -0.0287. The van der Waals surface area contributed by atoms with Gasteiger partial charge in [-0.3, -0.25) is 4.79 Å². The van der Waals surface area contributed by atoms with Crippen LogP contribution in [0, 0.1) is 0 Å². The highest BCUT2D eigenvalue weighted by atomic mass is 35.5. The highest BCUT2D eigenvalue weighted by molar-refractivity contribution is 6.29. The maximum absolute atomic E-state index is 11.7. The molecule has 2 aromatic heterocycles. The predicted octanol–water partition coefficient (Wildman–Crippen LogP) is 1.60. The molecule has 0 saturated carbocycles. The molecule has 2 N–H and O–H groups in total. The minimum atomic E-state index is -0.283. The van der Waals surface area contributed by atoms with Crippen molar-refractivity contribution in [1.82, 2.24) is 25.6 Å². The Morgan fingerprint density at radius 2 is 2.12 bits per heavy atom. The highest BCUT2D eigenvalue weighted by Crippen LogP contribution is 2.27. The van der Waals surface area contributed by atoms with Crippen LogP contribution in [0.3, 0.4) is 0 Å². The molecule has 0 unspecified atom stereocenters. The number of hydrogen-bond acceptors (Lipinski definition) is 6. The van der Waals surface area contributed by atoms with E-state index in [-0.39, 0.29) is 23.8 Å². The zero-order valence-corrected chi connectivity index (χ0v) is 14.2. The van der Waals surface area contributed by atoms with Gasteiger partial charge in [-0.25, -0.2) is 15.0 Å². The summed E-state index contributed by atoms with van der Waals surface area (Å²) in [4.78, 5) is 24.2. The molecule has 0 aliphatic carbocycles. The number of ether oxygens (including phenoxy) is 1. The Balaban J connectivity index is 1.95. The van der Waals surface area contributed by atoms with Gasteiger partial charge in [0.25, 0.3) is 5.91 Å². The smallest absolute Gasteiger partial charge is 0.269 e. The normalized spacial score (nSPS) is 20.6. The van der Waals surface area contributed by atoms with E-state index in [0.29, 0.717) is 23.1 Å². The van der Waals surface area contributed by atoms with Crippen LogP contribution >= 0.6 is 11.6 Å². The predicted molar refractivity (Wildman–Crippen MR) is 89.8 cm³/mol. The lowest BCUT2D eigenvalue weighted by atomic mass is 10.1. The summed E-state index contributed by atoms with van der Waals surface area (Å²) >= 11 is 6.18. The molecule has 1 aliphatic rings. The molecular formula is C16H18ClN5O2. The summed E-state index contributed by atoms with van der Waals surface area (Å²) in [6.45, 7) is 3.55. The first-order valence-corrected chi connectivity index (χ1v) is 8.02. The van der Waals surface area contributed by atoms with E-state index in [4.69, 9.17) is 16.3 Å². The first-order valence-electron chi connectivity index (χ1n) is 7.65. The molecule has 0 radical (unpaired) electrons. The minimum absolute atomic E-state index is 0.103. The Labute approximate surface area is 144 Å². The molecule has 3 rings (SSSR count). The molecule has 126 valence electrons. The fraction of sp³-hybridized carbons (Fsp3) is 0.375. The summed E-state index contributed by atoms with van der Waals surface area (Å²) in [6.07, 6.45) is 1.36. The van der Waals surface area contributed by atoms with Gasteiger partial charge in [0, 0.05) is 20.1 Å². The zero-order chi connectivity index (χ0) is 17.1. The van der Waals surface area contributed by atoms with E-state index >= 15 is 0 Å². The fourth-order valence-corrected chi connectivity index (χ4v) is 2.79. The SMILES string of the molecule is CNC(=O)c1cc(-c2cc([C@H]3CNC[C@H](C)O3)cc(Cl)n2)ncn1. The van der Waals surface area contributed by atoms with Crippen LogP contribution in [0.2, 0.25) is 5.15 Å². The third kappa shape index (κ3) is 3.69. The second-order valence-corrected chi connectivity index (χ2v) is 5.96. The number of amides is 1. The van der Waals surface area contributed by atoms with Crippen molar-refractivity contribution in [3.63, 3.8) is 0 Å². The Hall–Kier alpha value is -2.09. The van der Waals surface area contributed by atoms with E-state index in [1.165, 1.54) is 6.33 Å². The number of rotatable bonds is 3. The van der Waals surface area contributed by atoms with Gasteiger partial charge >= 0.3 is 0 Å². The van der Waals surface area contributed by atoms with Gasteiger partial charge in [0.15, 0.2) is 0 Å². The van der Waals surface area contributed by atoms with E-state index in [1.54, 1.807) is 19.2 Å². The van der Waals surface area contributed by atoms with Crippen molar-refractivity contribution in [2.75, 3.05) is 20.1 Å². The highest BCUT2D eigenvalue weighted by Gasteiger charge is 2.22. The van der Waals surface area contributed by atoms with Crippen LogP contribution in [0.4, 0.5) is 0 Å². The topological polar surface area (TPSA) is 89.0 Å². The van der Waals surface area contributed by atoms with Gasteiger partial charge in [-0.1, -0.05) is 11.6 Å². The molecular weight excluding hydrogens is 330 g/mol. The number of morpholine rings is 1. The summed E-state index contributed by atoms with van der Waals surface area (Å²) < 4.78 is 5.95. The number of halogens is 1. The quantitative estimate of drug-likeness (QED) is 0.820. The van der Waals surface area contributed by atoms with Gasteiger partial charge in [-0.05, 0) is 30.7 Å². The lowest BCUT2D eigenvalue weighted by Crippen LogP contribution is -2.38. The molecule has 1 saturated heterocycles. The molecule has 2 aromatic rings. The Bertz CT molecular complexity index is 755. The number of hydrogen-bond donors (Lipinski definition) is 2. The Morgan fingerprint density at radius 3 is 2.88 bits per heavy atom. The van der Waals surface area contributed by atoms with Crippen LogP contribution < -0.4 is 10.6 Å². The summed E-state index contributed by atoms with van der Waals surface area (Å²) in [7, 11) is 1.55. The first-order chi connectivity index (χ1) is 11.6. The van der Waals surface area contributed by atoms with Crippen molar-refractivity contribution in [2.45, 2.75) is 19.1 Å². The van der Waals surface area contributed by atoms with Gasteiger partial charge < -0.3 is 15.4 Å². The van der Waals surface area contributed by atoms with Crippen molar-refractivity contribution < 1.29 is 9.53 Å². The standard InChI is InChI=1S/C16H18ClN5O2/c1-9-6-19-7-14(24-9)10-3-12(22-15(17)4-10)11-5-13(16(23)18-2)21-8-20-11/h3-5,8-9,14,19H,6-7H2,1-2H3,(H,18,23)/t9-,14+/m0/s1. The maximum Gasteiger partial charge on any atom is 0.269 e. The van der Waals surface area contributed by atoms with Crippen LogP contribution in [-0.4, -0.2) is 47.1 Å². The van der Waals surface area contributed by atoms with Gasteiger partial charge in [0.05, 0.1) is 23.6 Å². The third-order valence-electron chi connectivity index (χ3n) is 3.74. The van der Waals surface area contributed by atoms with Gasteiger partial charge in [-0.15, -0.1) is 0 Å². The molecule has 8 heteroatoms. The number of aromatic nitrogens is 3. The molecule has 0 aromatic carbocycles. The molecule has 3 heterocycles. The third-order valence-corrected chi connectivity index (χ3v) is 3.93. The van der Waals surface area contributed by atoms with E-state index in [0.717, 1.165) is 12.1 Å². The summed E-state index contributed by atoms with van der Waals surface area (Å²) in [6, 6.07) is 5.26. The van der Waals surface area contributed by atoms with Crippen LogP contribution in [0.15, 0.2) is 24.5 Å². The molecule has 0 bridgehead atoms. The fourth-order valence-electron chi connectivity index (χ4n) is 2.57. The number of nitrogens with zero attached hydrogens (tertiary/aromatic N) is 3. The minimum Gasteiger partial charge on any atom is -0.368 e. The molecule has 0 spiro atoms. The average molecular weight is 348 g/mol. The van der Waals surface area contributed by atoms with E-state index < -0.39 is 0 Å². The van der Waals surface area contributed by atoms with Crippen molar-refractivity contribution in [2.24, 2.45) is 0 Å². The summed E-state index contributed by atoms with van der Waals surface area (Å²) in [5, 5.41) is 6.21. The van der Waals surface area contributed by atoms with Gasteiger partial charge in [0.1, 0.15) is 17.2 Å².